The van der Waals surface area contributed by atoms with Crippen LogP contribution in [0.2, 0.25) is 0 Å². The van der Waals surface area contributed by atoms with Crippen molar-refractivity contribution in [1.82, 2.24) is 44.9 Å². The van der Waals surface area contributed by atoms with Crippen LogP contribution in [0.4, 0.5) is 0 Å². The van der Waals surface area contributed by atoms with Gasteiger partial charge in [-0.05, 0) is 133 Å². The van der Waals surface area contributed by atoms with Gasteiger partial charge < -0.3 is 0 Å². The molecule has 0 atom stereocenters. The molecular formula is C126H87N9S3. The molecule has 0 fully saturated rings. The van der Waals surface area contributed by atoms with Crippen LogP contribution in [0, 0.1) is 0 Å². The Morgan fingerprint density at radius 1 is 0.196 bits per heavy atom. The summed E-state index contributed by atoms with van der Waals surface area (Å²) >= 11 is 5.60. The lowest BCUT2D eigenvalue weighted by Crippen LogP contribution is -2.17. The van der Waals surface area contributed by atoms with Gasteiger partial charge in [-0.15, -0.1) is 34.0 Å². The van der Waals surface area contributed by atoms with Crippen molar-refractivity contribution < 1.29 is 0 Å². The van der Waals surface area contributed by atoms with Crippen LogP contribution in [0.5, 0.6) is 0 Å². The molecule has 3 aliphatic carbocycles. The summed E-state index contributed by atoms with van der Waals surface area (Å²) in [5.41, 5.74) is 36.3. The van der Waals surface area contributed by atoms with E-state index >= 15 is 0 Å². The van der Waals surface area contributed by atoms with Gasteiger partial charge in [-0.2, -0.15) is 0 Å². The van der Waals surface area contributed by atoms with Gasteiger partial charge >= 0.3 is 0 Å². The molecule has 15 aromatic carbocycles. The Kier molecular flexibility index (Phi) is 20.3. The molecule has 0 saturated carbocycles. The van der Waals surface area contributed by atoms with Gasteiger partial charge in [0.15, 0.2) is 17.5 Å². The molecule has 0 radical (unpaired) electrons. The minimum absolute atomic E-state index is 0.236. The van der Waals surface area contributed by atoms with Crippen molar-refractivity contribution in [2.24, 2.45) is 0 Å². The first-order valence-corrected chi connectivity index (χ1v) is 49.3. The average Bonchev–Trinajstić information content (AvgIpc) is 1.56. The zero-order valence-corrected chi connectivity index (χ0v) is 79.0. The smallest absolute Gasteiger partial charge is 0.160 e. The van der Waals surface area contributed by atoms with Crippen molar-refractivity contribution in [2.75, 3.05) is 0 Å². The molecule has 24 aromatic rings. The van der Waals surface area contributed by atoms with Crippen LogP contribution in [0.1, 0.15) is 74.9 Å². The van der Waals surface area contributed by atoms with Crippen molar-refractivity contribution in [3.63, 3.8) is 0 Å². The van der Waals surface area contributed by atoms with E-state index in [9.17, 15) is 0 Å². The van der Waals surface area contributed by atoms with E-state index in [-0.39, 0.29) is 16.2 Å². The molecule has 0 unspecified atom stereocenters. The Morgan fingerprint density at radius 2 is 0.500 bits per heavy atom. The number of hydrogen-bond acceptors (Lipinski definition) is 12. The Bertz CT molecular complexity index is 8140. The lowest BCUT2D eigenvalue weighted by atomic mass is 9.80. The molecule has 3 aliphatic rings. The SMILES string of the molecule is CC1(C)c2ccccc2-c2nc(-c3cccc(-c4ccccn4)c3)nc(-c3ccc(-c4cccc5c4sc4ccccc45)cc3)c21.CC1(C)c2ccccc2-c2nc(-c3cccc(-c4cccnc4)c3)nc(-c3ccc(-c4cccc5c4sc4ccccc45)cc3)c21.CC1(C)c2ccccc2-c2nc(-c3cccc(-c4ccncc4)c3)nc(-c3ccc(-c4cccc5c4sc4ccccc45)cc3)c21. The second kappa shape index (κ2) is 33.6. The molecule has 9 heterocycles. The minimum atomic E-state index is -0.239. The van der Waals surface area contributed by atoms with Gasteiger partial charge in [0.05, 0.1) is 39.9 Å². The highest BCUT2D eigenvalue weighted by Gasteiger charge is 2.44. The Balaban J connectivity index is 0.000000110. The van der Waals surface area contributed by atoms with Crippen LogP contribution in [-0.4, -0.2) is 44.9 Å². The second-order valence-corrected chi connectivity index (χ2v) is 40.5. The summed E-state index contributed by atoms with van der Waals surface area (Å²) in [6.07, 6.45) is 9.19. The summed E-state index contributed by atoms with van der Waals surface area (Å²) in [6, 6.07) is 138. The fourth-order valence-corrected chi connectivity index (χ4v) is 25.0. The molecule has 654 valence electrons. The van der Waals surface area contributed by atoms with Crippen LogP contribution < -0.4 is 0 Å². The first-order valence-electron chi connectivity index (χ1n) is 46.8. The Labute approximate surface area is 812 Å². The van der Waals surface area contributed by atoms with Crippen LogP contribution in [0.15, 0.2) is 419 Å². The normalized spacial score (nSPS) is 13.2. The maximum atomic E-state index is 5.36. The molecule has 9 aromatic heterocycles. The van der Waals surface area contributed by atoms with Crippen LogP contribution in [0.25, 0.3) is 229 Å². The maximum absolute atomic E-state index is 5.36. The van der Waals surface area contributed by atoms with E-state index in [0.717, 1.165) is 119 Å². The fraction of sp³-hybridized carbons (Fsp3) is 0.0714. The third-order valence-electron chi connectivity index (χ3n) is 28.1. The van der Waals surface area contributed by atoms with E-state index in [1.54, 1.807) is 6.20 Å². The van der Waals surface area contributed by atoms with Gasteiger partial charge in [-0.1, -0.05) is 363 Å². The molecule has 138 heavy (non-hydrogen) atoms. The van der Waals surface area contributed by atoms with Crippen LogP contribution in [-0.2, 0) is 16.2 Å². The summed E-state index contributed by atoms with van der Waals surface area (Å²) in [7, 11) is 0. The van der Waals surface area contributed by atoms with Crippen LogP contribution in [0.3, 0.4) is 0 Å². The lowest BCUT2D eigenvalue weighted by molar-refractivity contribution is 0.657. The van der Waals surface area contributed by atoms with Gasteiger partial charge in [0, 0.05) is 186 Å². The van der Waals surface area contributed by atoms with Gasteiger partial charge in [0.25, 0.3) is 0 Å². The van der Waals surface area contributed by atoms with Crippen molar-refractivity contribution in [3.8, 4) is 169 Å². The quantitative estimate of drug-likeness (QED) is 0.118. The molecule has 9 nitrogen and oxygen atoms in total. The minimum Gasteiger partial charge on any atom is -0.265 e. The molecule has 0 amide bonds. The van der Waals surface area contributed by atoms with E-state index < -0.39 is 0 Å². The fourth-order valence-electron chi connectivity index (χ4n) is 21.3. The predicted octanol–water partition coefficient (Wildman–Crippen LogP) is 33.6. The predicted molar refractivity (Wildman–Crippen MR) is 576 cm³/mol. The van der Waals surface area contributed by atoms with E-state index in [1.165, 1.54) is 144 Å². The molecule has 0 N–H and O–H groups in total. The first kappa shape index (κ1) is 83.5. The molecule has 0 spiro atoms. The van der Waals surface area contributed by atoms with Gasteiger partial charge in [0.2, 0.25) is 0 Å². The summed E-state index contributed by atoms with van der Waals surface area (Å²) < 4.78 is 7.94. The number of pyridine rings is 3. The number of nitrogens with zero attached hydrogens (tertiary/aromatic N) is 9. The molecule has 0 bridgehead atoms. The highest BCUT2D eigenvalue weighted by Crippen LogP contribution is 2.57. The Morgan fingerprint density at radius 3 is 0.877 bits per heavy atom. The number of fused-ring (bicyclic) bond motifs is 18. The maximum Gasteiger partial charge on any atom is 0.160 e. The third-order valence-corrected chi connectivity index (χ3v) is 31.8. The number of thiophene rings is 3. The molecule has 0 saturated heterocycles. The third kappa shape index (κ3) is 14.3. The summed E-state index contributed by atoms with van der Waals surface area (Å²) in [4.78, 5) is 45.0. The van der Waals surface area contributed by atoms with Gasteiger partial charge in [0.1, 0.15) is 0 Å². The zero-order valence-electron chi connectivity index (χ0n) is 76.6. The molecule has 12 heteroatoms. The van der Waals surface area contributed by atoms with Crippen molar-refractivity contribution >= 4 is 94.5 Å². The highest BCUT2D eigenvalue weighted by molar-refractivity contribution is 7.27. The number of hydrogen-bond donors (Lipinski definition) is 0. The number of benzene rings is 15. The first-order chi connectivity index (χ1) is 67.7. The van der Waals surface area contributed by atoms with E-state index in [2.05, 4.69) is 408 Å². The molecular weight excluding hydrogens is 1740 g/mol. The second-order valence-electron chi connectivity index (χ2n) is 37.4. The van der Waals surface area contributed by atoms with Gasteiger partial charge in [-0.3, -0.25) is 15.0 Å². The van der Waals surface area contributed by atoms with Crippen molar-refractivity contribution in [2.45, 2.75) is 57.8 Å². The largest absolute Gasteiger partial charge is 0.265 e. The van der Waals surface area contributed by atoms with Crippen LogP contribution >= 0.6 is 34.0 Å². The van der Waals surface area contributed by atoms with E-state index in [0.29, 0.717) is 0 Å². The van der Waals surface area contributed by atoms with Gasteiger partial charge in [-0.25, -0.2) is 29.9 Å². The van der Waals surface area contributed by atoms with Crippen molar-refractivity contribution in [3.05, 3.63) is 453 Å². The molecule has 27 rings (SSSR count). The summed E-state index contributed by atoms with van der Waals surface area (Å²) in [5.74, 6) is 2.18. The van der Waals surface area contributed by atoms with E-state index in [4.69, 9.17) is 29.9 Å². The number of rotatable bonds is 12. The monoisotopic (exact) mass is 1820 g/mol. The highest BCUT2D eigenvalue weighted by atomic mass is 32.1. The average molecular weight is 1820 g/mol. The van der Waals surface area contributed by atoms with Crippen molar-refractivity contribution in [1.29, 1.82) is 0 Å². The standard InChI is InChI=1S/3C42H29N3S/c1-42(2)35-17-5-3-14-34(35)39-37(42)38(44-41(45-39)29-11-7-10-28(24-29)30-12-9-23-43-25-30)27-21-19-26(20-22-27)31-15-8-16-33-32-13-4-6-18-36(32)46-40(31)33;1-42(2)35-15-5-3-12-34(35)39-37(42)38(44-41(45-39)30-10-7-9-29(25-30)26-21-23-43-24-22-26)28-19-17-27(18-20-28)31-13-8-14-33-32-11-4-6-16-36(32)46-40(31)33;1-42(2)34-17-5-3-14-33(34)39-37(42)38(44-41(45-39)29-12-9-11-28(25-29)35-18-7-8-24-43-35)27-22-20-26(21-23-27)30-15-10-16-32-31-13-4-6-19-36(31)46-40(30)32/h3*3-25H,1-2H3. The molecule has 0 aliphatic heterocycles. The lowest BCUT2D eigenvalue weighted by Gasteiger charge is -2.24. The Hall–Kier alpha value is -16.4. The summed E-state index contributed by atoms with van der Waals surface area (Å²) in [5, 5.41) is 7.90. The topological polar surface area (TPSA) is 116 Å². The summed E-state index contributed by atoms with van der Waals surface area (Å²) in [6.45, 7) is 13.8. The zero-order chi connectivity index (χ0) is 92.5. The number of aromatic nitrogens is 9. The van der Waals surface area contributed by atoms with E-state index in [1.807, 2.05) is 95.2 Å².